The number of fused-ring (bicyclic) bond motifs is 1. The van der Waals surface area contributed by atoms with Crippen LogP contribution in [-0.2, 0) is 0 Å². The maximum Gasteiger partial charge on any atom is 0.274 e. The fourth-order valence-electron chi connectivity index (χ4n) is 3.06. The summed E-state index contributed by atoms with van der Waals surface area (Å²) in [5, 5.41) is 10.8. The van der Waals surface area contributed by atoms with Gasteiger partial charge >= 0.3 is 0 Å². The third kappa shape index (κ3) is 2.95. The summed E-state index contributed by atoms with van der Waals surface area (Å²) in [6.07, 6.45) is 5.39. The molecule has 3 heterocycles. The summed E-state index contributed by atoms with van der Waals surface area (Å²) in [7, 11) is 0. The molecule has 4 rings (SSSR count). The fraction of sp³-hybridized carbons (Fsp3) is 0.278. The Morgan fingerprint density at radius 1 is 1.12 bits per heavy atom. The highest BCUT2D eigenvalue weighted by Gasteiger charge is 2.15. The van der Waals surface area contributed by atoms with Crippen molar-refractivity contribution in [1.29, 1.82) is 0 Å². The van der Waals surface area contributed by atoms with Crippen LogP contribution in [0.4, 0.5) is 11.5 Å². The highest BCUT2D eigenvalue weighted by molar-refractivity contribution is 6.03. The van der Waals surface area contributed by atoms with Gasteiger partial charge in [0.15, 0.2) is 0 Å². The van der Waals surface area contributed by atoms with Crippen molar-refractivity contribution < 1.29 is 4.79 Å². The Bertz CT molecular complexity index is 866. The molecule has 2 aromatic heterocycles. The summed E-state index contributed by atoms with van der Waals surface area (Å²) in [5.41, 5.74) is 2.05. The highest BCUT2D eigenvalue weighted by Crippen LogP contribution is 2.19. The topological polar surface area (TPSA) is 73.9 Å². The number of piperidine rings is 1. The molecular formula is C18H19N5O. The van der Waals surface area contributed by atoms with Gasteiger partial charge in [0, 0.05) is 24.2 Å². The van der Waals surface area contributed by atoms with Gasteiger partial charge in [-0.1, -0.05) is 6.07 Å². The summed E-state index contributed by atoms with van der Waals surface area (Å²) in [6.45, 7) is 2.02. The third-order valence-corrected chi connectivity index (χ3v) is 4.35. The molecule has 0 saturated carbocycles. The average molecular weight is 321 g/mol. The molecule has 0 atom stereocenters. The van der Waals surface area contributed by atoms with Crippen LogP contribution in [0, 0.1) is 0 Å². The minimum absolute atomic E-state index is 0.201. The quantitative estimate of drug-likeness (QED) is 0.777. The average Bonchev–Trinajstić information content (AvgIpc) is 3.10. The van der Waals surface area contributed by atoms with Gasteiger partial charge in [0.25, 0.3) is 5.91 Å². The van der Waals surface area contributed by atoms with E-state index in [4.69, 9.17) is 0 Å². The van der Waals surface area contributed by atoms with Crippen LogP contribution in [-0.4, -0.2) is 34.2 Å². The molecule has 1 aromatic carbocycles. The number of hydrogen-bond acceptors (Lipinski definition) is 4. The van der Waals surface area contributed by atoms with Gasteiger partial charge in [0.05, 0.1) is 11.7 Å². The van der Waals surface area contributed by atoms with Crippen LogP contribution < -0.4 is 10.2 Å². The molecule has 6 nitrogen and oxygen atoms in total. The van der Waals surface area contributed by atoms with E-state index in [1.54, 1.807) is 12.3 Å². The molecule has 24 heavy (non-hydrogen) atoms. The number of nitrogens with one attached hydrogen (secondary N) is 2. The van der Waals surface area contributed by atoms with E-state index in [9.17, 15) is 4.79 Å². The normalized spacial score (nSPS) is 14.8. The first kappa shape index (κ1) is 14.7. The van der Waals surface area contributed by atoms with Gasteiger partial charge in [-0.15, -0.1) is 0 Å². The standard InChI is InChI=1S/C18H19N5O/c24-18(20-14-8-7-13-12-19-22-16(13)11-14)15-5-4-6-17(21-15)23-9-2-1-3-10-23/h4-8,11-12H,1-3,9-10H2,(H,19,22)(H,20,24). The SMILES string of the molecule is O=C(Nc1ccc2cn[nH]c2c1)c1cccc(N2CCCCC2)n1. The maximum absolute atomic E-state index is 12.5. The fourth-order valence-corrected chi connectivity index (χ4v) is 3.06. The number of carbonyl (C=O) groups excluding carboxylic acids is 1. The zero-order valence-corrected chi connectivity index (χ0v) is 13.3. The minimum atomic E-state index is -0.201. The van der Waals surface area contributed by atoms with Crippen molar-refractivity contribution in [1.82, 2.24) is 15.2 Å². The minimum Gasteiger partial charge on any atom is -0.357 e. The van der Waals surface area contributed by atoms with Gasteiger partial charge in [-0.05, 0) is 49.6 Å². The summed E-state index contributed by atoms with van der Waals surface area (Å²) in [4.78, 5) is 19.3. The Kier molecular flexibility index (Phi) is 3.86. The van der Waals surface area contributed by atoms with E-state index in [0.29, 0.717) is 5.69 Å². The Balaban J connectivity index is 1.53. The second-order valence-electron chi connectivity index (χ2n) is 6.05. The first-order valence-electron chi connectivity index (χ1n) is 8.26. The van der Waals surface area contributed by atoms with Crippen LogP contribution in [0.2, 0.25) is 0 Å². The first-order chi connectivity index (χ1) is 11.8. The van der Waals surface area contributed by atoms with Crippen LogP contribution in [0.3, 0.4) is 0 Å². The van der Waals surface area contributed by atoms with E-state index >= 15 is 0 Å². The summed E-state index contributed by atoms with van der Waals surface area (Å²) < 4.78 is 0. The molecule has 1 amide bonds. The van der Waals surface area contributed by atoms with Crippen LogP contribution in [0.1, 0.15) is 29.8 Å². The summed E-state index contributed by atoms with van der Waals surface area (Å²) in [5.74, 6) is 0.680. The molecule has 1 aliphatic heterocycles. The Labute approximate surface area is 139 Å². The molecule has 1 aliphatic rings. The van der Waals surface area contributed by atoms with Crippen molar-refractivity contribution in [2.24, 2.45) is 0 Å². The number of H-pyrrole nitrogens is 1. The largest absolute Gasteiger partial charge is 0.357 e. The van der Waals surface area contributed by atoms with Gasteiger partial charge in [-0.3, -0.25) is 9.89 Å². The van der Waals surface area contributed by atoms with E-state index in [0.717, 1.165) is 35.5 Å². The number of nitrogens with zero attached hydrogens (tertiary/aromatic N) is 3. The second kappa shape index (κ2) is 6.31. The molecule has 0 bridgehead atoms. The van der Waals surface area contributed by atoms with Crippen molar-refractivity contribution in [2.75, 3.05) is 23.3 Å². The van der Waals surface area contributed by atoms with E-state index in [-0.39, 0.29) is 5.91 Å². The van der Waals surface area contributed by atoms with Gasteiger partial charge in [-0.25, -0.2) is 4.98 Å². The number of pyridine rings is 1. The predicted molar refractivity (Wildman–Crippen MR) is 94.3 cm³/mol. The summed E-state index contributed by atoms with van der Waals surface area (Å²) >= 11 is 0. The number of anilines is 2. The van der Waals surface area contributed by atoms with Gasteiger partial charge in [-0.2, -0.15) is 5.10 Å². The van der Waals surface area contributed by atoms with E-state index in [1.165, 1.54) is 19.3 Å². The van der Waals surface area contributed by atoms with Crippen molar-refractivity contribution in [3.05, 3.63) is 48.3 Å². The number of aromatic amines is 1. The van der Waals surface area contributed by atoms with Crippen LogP contribution in [0.25, 0.3) is 10.9 Å². The molecule has 1 fully saturated rings. The zero-order valence-electron chi connectivity index (χ0n) is 13.3. The number of rotatable bonds is 3. The predicted octanol–water partition coefficient (Wildman–Crippen LogP) is 3.20. The summed E-state index contributed by atoms with van der Waals surface area (Å²) in [6, 6.07) is 11.3. The third-order valence-electron chi connectivity index (χ3n) is 4.35. The molecule has 0 radical (unpaired) electrons. The van der Waals surface area contributed by atoms with Gasteiger partial charge in [0.1, 0.15) is 11.5 Å². The number of carbonyl (C=O) groups is 1. The lowest BCUT2D eigenvalue weighted by atomic mass is 10.1. The molecule has 3 aromatic rings. The van der Waals surface area contributed by atoms with Crippen molar-refractivity contribution in [3.8, 4) is 0 Å². The number of aromatic nitrogens is 3. The maximum atomic E-state index is 12.5. The molecule has 122 valence electrons. The number of benzene rings is 1. The van der Waals surface area contributed by atoms with Crippen molar-refractivity contribution >= 4 is 28.3 Å². The van der Waals surface area contributed by atoms with Crippen LogP contribution >= 0.6 is 0 Å². The molecule has 6 heteroatoms. The lowest BCUT2D eigenvalue weighted by Gasteiger charge is -2.27. The van der Waals surface area contributed by atoms with Crippen LogP contribution in [0.5, 0.6) is 0 Å². The lowest BCUT2D eigenvalue weighted by molar-refractivity contribution is 0.102. The van der Waals surface area contributed by atoms with Crippen molar-refractivity contribution in [3.63, 3.8) is 0 Å². The molecule has 0 aliphatic carbocycles. The molecular weight excluding hydrogens is 302 g/mol. The molecule has 1 saturated heterocycles. The molecule has 0 unspecified atom stereocenters. The first-order valence-corrected chi connectivity index (χ1v) is 8.26. The van der Waals surface area contributed by atoms with E-state index in [1.807, 2.05) is 30.3 Å². The van der Waals surface area contributed by atoms with E-state index < -0.39 is 0 Å². The van der Waals surface area contributed by atoms with E-state index in [2.05, 4.69) is 25.4 Å². The number of hydrogen-bond donors (Lipinski definition) is 2. The highest BCUT2D eigenvalue weighted by atomic mass is 16.1. The molecule has 2 N–H and O–H groups in total. The van der Waals surface area contributed by atoms with Gasteiger partial charge in [0.2, 0.25) is 0 Å². The van der Waals surface area contributed by atoms with Gasteiger partial charge < -0.3 is 10.2 Å². The number of amides is 1. The second-order valence-corrected chi connectivity index (χ2v) is 6.05. The zero-order chi connectivity index (χ0) is 16.4. The molecule has 0 spiro atoms. The lowest BCUT2D eigenvalue weighted by Crippen LogP contribution is -2.30. The monoisotopic (exact) mass is 321 g/mol. The Morgan fingerprint density at radius 2 is 2.00 bits per heavy atom. The smallest absolute Gasteiger partial charge is 0.274 e. The van der Waals surface area contributed by atoms with Crippen LogP contribution in [0.15, 0.2) is 42.6 Å². The Hall–Kier alpha value is -2.89. The Morgan fingerprint density at radius 3 is 2.88 bits per heavy atom. The van der Waals surface area contributed by atoms with Crippen molar-refractivity contribution in [2.45, 2.75) is 19.3 Å².